The smallest absolute Gasteiger partial charge is 0.0503 e. The van der Waals surface area contributed by atoms with Gasteiger partial charge in [-0.1, -0.05) is 18.2 Å². The van der Waals surface area contributed by atoms with Crippen molar-refractivity contribution < 1.29 is 0 Å². The Bertz CT molecular complexity index is 276. The Morgan fingerprint density at radius 3 is 2.86 bits per heavy atom. The van der Waals surface area contributed by atoms with Gasteiger partial charge in [-0.05, 0) is 12.1 Å². The van der Waals surface area contributed by atoms with Gasteiger partial charge >= 0.3 is 0 Å². The van der Waals surface area contributed by atoms with Crippen molar-refractivity contribution >= 4 is 17.4 Å². The minimum Gasteiger partial charge on any atom is -0.366 e. The fourth-order valence-electron chi connectivity index (χ4n) is 1.81. The zero-order chi connectivity index (χ0) is 9.80. The minimum atomic E-state index is 0.510. The van der Waals surface area contributed by atoms with Gasteiger partial charge in [-0.3, -0.25) is 0 Å². The van der Waals surface area contributed by atoms with Crippen molar-refractivity contribution in [3.05, 3.63) is 30.3 Å². The van der Waals surface area contributed by atoms with Crippen LogP contribution in [0.4, 0.5) is 5.69 Å². The molecule has 14 heavy (non-hydrogen) atoms. The number of anilines is 1. The standard InChI is InChI=1S/C11H16N2S/c12-8-11-9-14-7-6-13(11)10-4-2-1-3-5-10/h1-5,11H,6-9,12H2. The summed E-state index contributed by atoms with van der Waals surface area (Å²) in [6, 6.07) is 11.1. The second kappa shape index (κ2) is 4.71. The fourth-order valence-corrected chi connectivity index (χ4v) is 2.89. The van der Waals surface area contributed by atoms with E-state index in [4.69, 9.17) is 5.73 Å². The van der Waals surface area contributed by atoms with E-state index in [1.54, 1.807) is 0 Å². The largest absolute Gasteiger partial charge is 0.366 e. The van der Waals surface area contributed by atoms with Crippen molar-refractivity contribution in [1.29, 1.82) is 0 Å². The zero-order valence-electron chi connectivity index (χ0n) is 8.23. The first-order valence-electron chi connectivity index (χ1n) is 5.01. The Morgan fingerprint density at radius 2 is 2.14 bits per heavy atom. The summed E-state index contributed by atoms with van der Waals surface area (Å²) in [5.74, 6) is 2.37. The van der Waals surface area contributed by atoms with Crippen LogP contribution in [0.5, 0.6) is 0 Å². The van der Waals surface area contributed by atoms with Crippen molar-refractivity contribution in [3.8, 4) is 0 Å². The lowest BCUT2D eigenvalue weighted by Gasteiger charge is -2.36. The van der Waals surface area contributed by atoms with Crippen LogP contribution in [0.25, 0.3) is 0 Å². The molecular formula is C11H16N2S. The molecule has 0 bridgehead atoms. The molecule has 1 aromatic carbocycles. The summed E-state index contributed by atoms with van der Waals surface area (Å²) < 4.78 is 0. The molecule has 1 aromatic rings. The molecule has 2 rings (SSSR count). The summed E-state index contributed by atoms with van der Waals surface area (Å²) in [5, 5.41) is 0. The third-order valence-electron chi connectivity index (χ3n) is 2.59. The summed E-state index contributed by atoms with van der Waals surface area (Å²) in [7, 11) is 0. The second-order valence-electron chi connectivity index (χ2n) is 3.49. The summed E-state index contributed by atoms with van der Waals surface area (Å²) >= 11 is 2.00. The molecule has 3 heteroatoms. The molecule has 1 atom stereocenters. The van der Waals surface area contributed by atoms with E-state index < -0.39 is 0 Å². The number of hydrogen-bond acceptors (Lipinski definition) is 3. The van der Waals surface area contributed by atoms with Crippen LogP contribution in [0.3, 0.4) is 0 Å². The van der Waals surface area contributed by atoms with Gasteiger partial charge in [0.1, 0.15) is 0 Å². The molecule has 1 unspecified atom stereocenters. The molecule has 0 amide bonds. The maximum atomic E-state index is 5.78. The number of hydrogen-bond donors (Lipinski definition) is 1. The van der Waals surface area contributed by atoms with E-state index in [1.807, 2.05) is 11.8 Å². The SMILES string of the molecule is NCC1CSCCN1c1ccccc1. The molecule has 2 nitrogen and oxygen atoms in total. The Morgan fingerprint density at radius 1 is 1.36 bits per heavy atom. The van der Waals surface area contributed by atoms with Gasteiger partial charge in [0, 0.05) is 30.3 Å². The van der Waals surface area contributed by atoms with E-state index in [0.717, 1.165) is 18.8 Å². The van der Waals surface area contributed by atoms with Crippen molar-refractivity contribution in [1.82, 2.24) is 0 Å². The number of nitrogens with two attached hydrogens (primary N) is 1. The lowest BCUT2D eigenvalue weighted by molar-refractivity contribution is 0.655. The summed E-state index contributed by atoms with van der Waals surface area (Å²) in [6.45, 7) is 1.87. The first-order valence-corrected chi connectivity index (χ1v) is 6.17. The highest BCUT2D eigenvalue weighted by Crippen LogP contribution is 2.22. The molecule has 0 spiro atoms. The van der Waals surface area contributed by atoms with Gasteiger partial charge in [0.25, 0.3) is 0 Å². The predicted octanol–water partition coefficient (Wildman–Crippen LogP) is 1.57. The van der Waals surface area contributed by atoms with E-state index in [2.05, 4.69) is 35.2 Å². The lowest BCUT2D eigenvalue weighted by Crippen LogP contribution is -2.46. The van der Waals surface area contributed by atoms with Crippen LogP contribution in [0.2, 0.25) is 0 Å². The van der Waals surface area contributed by atoms with Crippen LogP contribution in [0, 0.1) is 0 Å². The second-order valence-corrected chi connectivity index (χ2v) is 4.64. The average molecular weight is 208 g/mol. The molecule has 1 fully saturated rings. The number of benzene rings is 1. The van der Waals surface area contributed by atoms with E-state index >= 15 is 0 Å². The van der Waals surface area contributed by atoms with Crippen LogP contribution in [-0.2, 0) is 0 Å². The summed E-state index contributed by atoms with van der Waals surface area (Å²) in [6.07, 6.45) is 0. The highest BCUT2D eigenvalue weighted by atomic mass is 32.2. The minimum absolute atomic E-state index is 0.510. The molecule has 0 aromatic heterocycles. The third kappa shape index (κ3) is 2.04. The van der Waals surface area contributed by atoms with Crippen molar-refractivity contribution in [3.63, 3.8) is 0 Å². The summed E-state index contributed by atoms with van der Waals surface area (Å²) in [5.41, 5.74) is 7.08. The molecule has 0 aliphatic carbocycles. The molecule has 0 saturated carbocycles. The predicted molar refractivity (Wildman–Crippen MR) is 64.0 cm³/mol. The topological polar surface area (TPSA) is 29.3 Å². The first kappa shape index (κ1) is 9.87. The summed E-state index contributed by atoms with van der Waals surface area (Å²) in [4.78, 5) is 2.43. The Kier molecular flexibility index (Phi) is 3.32. The zero-order valence-corrected chi connectivity index (χ0v) is 9.04. The van der Waals surface area contributed by atoms with Gasteiger partial charge in [0.05, 0.1) is 6.04 Å². The average Bonchev–Trinajstić information content (AvgIpc) is 2.30. The lowest BCUT2D eigenvalue weighted by atomic mass is 10.2. The highest BCUT2D eigenvalue weighted by Gasteiger charge is 2.21. The molecule has 1 saturated heterocycles. The monoisotopic (exact) mass is 208 g/mol. The van der Waals surface area contributed by atoms with Gasteiger partial charge in [0.15, 0.2) is 0 Å². The van der Waals surface area contributed by atoms with Gasteiger partial charge < -0.3 is 10.6 Å². The van der Waals surface area contributed by atoms with Gasteiger partial charge in [-0.15, -0.1) is 0 Å². The quantitative estimate of drug-likeness (QED) is 0.800. The number of para-hydroxylation sites is 1. The van der Waals surface area contributed by atoms with Crippen LogP contribution >= 0.6 is 11.8 Å². The highest BCUT2D eigenvalue weighted by molar-refractivity contribution is 7.99. The van der Waals surface area contributed by atoms with Gasteiger partial charge in [-0.2, -0.15) is 11.8 Å². The van der Waals surface area contributed by atoms with Crippen molar-refractivity contribution in [2.75, 3.05) is 29.5 Å². The first-order chi connectivity index (χ1) is 6.92. The normalized spacial score (nSPS) is 22.4. The van der Waals surface area contributed by atoms with Crippen LogP contribution in [0.1, 0.15) is 0 Å². The van der Waals surface area contributed by atoms with E-state index in [-0.39, 0.29) is 0 Å². The molecule has 0 radical (unpaired) electrons. The Hall–Kier alpha value is -0.670. The maximum absolute atomic E-state index is 5.78. The molecule has 1 aliphatic rings. The van der Waals surface area contributed by atoms with Crippen molar-refractivity contribution in [2.24, 2.45) is 5.73 Å². The molecule has 2 N–H and O–H groups in total. The number of thioether (sulfide) groups is 1. The van der Waals surface area contributed by atoms with Gasteiger partial charge in [0.2, 0.25) is 0 Å². The molecular weight excluding hydrogens is 192 g/mol. The maximum Gasteiger partial charge on any atom is 0.0503 e. The van der Waals surface area contributed by atoms with Gasteiger partial charge in [-0.25, -0.2) is 0 Å². The molecule has 76 valence electrons. The van der Waals surface area contributed by atoms with E-state index in [0.29, 0.717) is 6.04 Å². The fraction of sp³-hybridized carbons (Fsp3) is 0.455. The Balaban J connectivity index is 2.15. The number of nitrogens with zero attached hydrogens (tertiary/aromatic N) is 1. The third-order valence-corrected chi connectivity index (χ3v) is 3.68. The van der Waals surface area contributed by atoms with E-state index in [1.165, 1.54) is 11.4 Å². The van der Waals surface area contributed by atoms with E-state index in [9.17, 15) is 0 Å². The number of rotatable bonds is 2. The molecule has 1 heterocycles. The molecule has 1 aliphatic heterocycles. The van der Waals surface area contributed by atoms with Crippen LogP contribution in [0.15, 0.2) is 30.3 Å². The van der Waals surface area contributed by atoms with Crippen LogP contribution in [-0.4, -0.2) is 30.6 Å². The Labute approximate surface area is 89.5 Å². The van der Waals surface area contributed by atoms with Crippen LogP contribution < -0.4 is 10.6 Å². The van der Waals surface area contributed by atoms with Crippen molar-refractivity contribution in [2.45, 2.75) is 6.04 Å².